The molecule has 1 aliphatic heterocycles. The van der Waals surface area contributed by atoms with E-state index in [0.717, 1.165) is 37.3 Å². The minimum Gasteiger partial charge on any atom is -0.507 e. The molecule has 0 aromatic heterocycles. The molecule has 1 heterocycles. The van der Waals surface area contributed by atoms with E-state index in [9.17, 15) is 5.11 Å². The molecule has 0 aliphatic carbocycles. The maximum atomic E-state index is 11.3. The molecule has 0 bridgehead atoms. The van der Waals surface area contributed by atoms with Gasteiger partial charge in [-0.2, -0.15) is 0 Å². The molecule has 0 saturated carbocycles. The number of benzene rings is 1. The molecule has 0 unspecified atom stereocenters. The molecule has 2 rings (SSSR count). The van der Waals surface area contributed by atoms with E-state index in [0.29, 0.717) is 5.75 Å². The second kappa shape index (κ2) is 7.16. The van der Waals surface area contributed by atoms with Crippen molar-refractivity contribution >= 4 is 0 Å². The average Bonchev–Trinajstić information content (AvgIpc) is 2.46. The van der Waals surface area contributed by atoms with Gasteiger partial charge in [-0.3, -0.25) is 4.90 Å². The van der Waals surface area contributed by atoms with Gasteiger partial charge in [0.25, 0.3) is 0 Å². The van der Waals surface area contributed by atoms with Crippen molar-refractivity contribution in [2.75, 3.05) is 26.2 Å². The largest absolute Gasteiger partial charge is 0.507 e. The van der Waals surface area contributed by atoms with Gasteiger partial charge in [-0.25, -0.2) is 0 Å². The van der Waals surface area contributed by atoms with E-state index in [1.165, 1.54) is 5.56 Å². The van der Waals surface area contributed by atoms with Gasteiger partial charge in [0, 0.05) is 37.8 Å². The Morgan fingerprint density at radius 2 is 1.42 bits per heavy atom. The molecule has 3 heteroatoms. The van der Waals surface area contributed by atoms with Crippen molar-refractivity contribution in [3.8, 4) is 5.75 Å². The fourth-order valence-corrected chi connectivity index (χ4v) is 4.02. The molecule has 148 valence electrons. The number of hydrogen-bond acceptors (Lipinski definition) is 3. The molecular formula is C23H40N2O. The van der Waals surface area contributed by atoms with E-state index in [1.54, 1.807) is 0 Å². The number of nitrogens with zero attached hydrogens (tertiary/aromatic N) is 1. The van der Waals surface area contributed by atoms with Gasteiger partial charge in [-0.05, 0) is 33.4 Å². The van der Waals surface area contributed by atoms with Crippen LogP contribution in [-0.4, -0.2) is 36.2 Å². The molecule has 0 radical (unpaired) electrons. The number of phenolic OH excluding ortho intramolecular Hbond substituents is 1. The van der Waals surface area contributed by atoms with E-state index in [-0.39, 0.29) is 22.3 Å². The maximum absolute atomic E-state index is 11.3. The normalized spacial score (nSPS) is 18.8. The number of phenols is 1. The molecule has 1 aromatic carbocycles. The zero-order valence-corrected chi connectivity index (χ0v) is 18.5. The van der Waals surface area contributed by atoms with E-state index in [2.05, 4.69) is 84.7 Å². The first-order chi connectivity index (χ1) is 11.7. The first kappa shape index (κ1) is 21.2. The lowest BCUT2D eigenvalue weighted by molar-refractivity contribution is 0.0839. The Labute approximate surface area is 161 Å². The smallest absolute Gasteiger partial charge is 0.124 e. The van der Waals surface area contributed by atoms with Gasteiger partial charge in [0.05, 0.1) is 0 Å². The topological polar surface area (TPSA) is 35.5 Å². The highest BCUT2D eigenvalue weighted by Crippen LogP contribution is 2.46. The third-order valence-electron chi connectivity index (χ3n) is 5.45. The van der Waals surface area contributed by atoms with Crippen LogP contribution in [0.5, 0.6) is 5.75 Å². The summed E-state index contributed by atoms with van der Waals surface area (Å²) in [5, 5.41) is 14.8. The van der Waals surface area contributed by atoms with Crippen molar-refractivity contribution in [1.29, 1.82) is 0 Å². The van der Waals surface area contributed by atoms with Crippen LogP contribution in [0.3, 0.4) is 0 Å². The van der Waals surface area contributed by atoms with Crippen LogP contribution in [0.15, 0.2) is 12.1 Å². The van der Waals surface area contributed by atoms with Crippen molar-refractivity contribution in [3.05, 3.63) is 28.8 Å². The minimum atomic E-state index is -0.0913. The van der Waals surface area contributed by atoms with E-state index < -0.39 is 0 Å². The van der Waals surface area contributed by atoms with Crippen LogP contribution >= 0.6 is 0 Å². The monoisotopic (exact) mass is 360 g/mol. The molecule has 2 N–H and O–H groups in total. The first-order valence-corrected chi connectivity index (χ1v) is 10.1. The number of nitrogens with one attached hydrogen (secondary N) is 1. The Balaban J connectivity index is 2.70. The van der Waals surface area contributed by atoms with Crippen LogP contribution in [0.4, 0.5) is 0 Å². The second-order valence-corrected chi connectivity index (χ2v) is 11.0. The molecule has 26 heavy (non-hydrogen) atoms. The molecule has 1 aliphatic rings. The van der Waals surface area contributed by atoms with Crippen molar-refractivity contribution in [1.82, 2.24) is 10.2 Å². The van der Waals surface area contributed by atoms with Crippen LogP contribution in [0.25, 0.3) is 0 Å². The van der Waals surface area contributed by atoms with E-state index >= 15 is 0 Å². The number of hydrogen-bond donors (Lipinski definition) is 2. The maximum Gasteiger partial charge on any atom is 0.124 e. The SMILES string of the molecule is CC(C)(C)c1cc([C@@H](N2CCNCC2)C(C)(C)C)c(O)c(C(C)(C)C)c1. The Bertz CT molecular complexity index is 623. The summed E-state index contributed by atoms with van der Waals surface area (Å²) in [5.41, 5.74) is 3.46. The fourth-order valence-electron chi connectivity index (χ4n) is 4.02. The van der Waals surface area contributed by atoms with Gasteiger partial charge < -0.3 is 10.4 Å². The van der Waals surface area contributed by atoms with Crippen molar-refractivity contribution in [3.63, 3.8) is 0 Å². The summed E-state index contributed by atoms with van der Waals surface area (Å²) in [6, 6.07) is 4.69. The lowest BCUT2D eigenvalue weighted by atomic mass is 9.74. The van der Waals surface area contributed by atoms with Gasteiger partial charge in [-0.1, -0.05) is 68.4 Å². The molecule has 3 nitrogen and oxygen atoms in total. The van der Waals surface area contributed by atoms with Gasteiger partial charge in [0.2, 0.25) is 0 Å². The number of piperazine rings is 1. The van der Waals surface area contributed by atoms with Gasteiger partial charge in [0.15, 0.2) is 0 Å². The Hall–Kier alpha value is -1.06. The number of aromatic hydroxyl groups is 1. The lowest BCUT2D eigenvalue weighted by Gasteiger charge is -2.43. The van der Waals surface area contributed by atoms with Gasteiger partial charge >= 0.3 is 0 Å². The highest BCUT2D eigenvalue weighted by Gasteiger charge is 2.36. The molecule has 1 saturated heterocycles. The molecule has 1 aromatic rings. The van der Waals surface area contributed by atoms with Crippen LogP contribution in [0.1, 0.15) is 85.0 Å². The van der Waals surface area contributed by atoms with E-state index in [1.807, 2.05) is 0 Å². The lowest BCUT2D eigenvalue weighted by Crippen LogP contribution is -2.48. The first-order valence-electron chi connectivity index (χ1n) is 10.1. The summed E-state index contributed by atoms with van der Waals surface area (Å²) in [5.74, 6) is 0.490. The van der Waals surface area contributed by atoms with Crippen LogP contribution in [0, 0.1) is 5.41 Å². The molecular weight excluding hydrogens is 320 g/mol. The summed E-state index contributed by atoms with van der Waals surface area (Å²) in [4.78, 5) is 2.55. The van der Waals surface area contributed by atoms with Crippen LogP contribution < -0.4 is 5.32 Å². The third kappa shape index (κ3) is 4.61. The van der Waals surface area contributed by atoms with Crippen LogP contribution in [0.2, 0.25) is 0 Å². The summed E-state index contributed by atoms with van der Waals surface area (Å²) in [7, 11) is 0. The Morgan fingerprint density at radius 1 is 0.885 bits per heavy atom. The second-order valence-electron chi connectivity index (χ2n) is 11.0. The predicted molar refractivity (Wildman–Crippen MR) is 112 cm³/mol. The van der Waals surface area contributed by atoms with Crippen molar-refractivity contribution in [2.24, 2.45) is 5.41 Å². The van der Waals surface area contributed by atoms with Gasteiger partial charge in [0.1, 0.15) is 5.75 Å². The highest BCUT2D eigenvalue weighted by molar-refractivity contribution is 5.50. The summed E-state index contributed by atoms with van der Waals surface area (Å²) in [6.45, 7) is 24.3. The predicted octanol–water partition coefficient (Wildman–Crippen LogP) is 4.98. The minimum absolute atomic E-state index is 0.0421. The van der Waals surface area contributed by atoms with Crippen molar-refractivity contribution < 1.29 is 5.11 Å². The highest BCUT2D eigenvalue weighted by atomic mass is 16.3. The van der Waals surface area contributed by atoms with Crippen LogP contribution in [-0.2, 0) is 10.8 Å². The zero-order chi connectivity index (χ0) is 19.9. The summed E-state index contributed by atoms with van der Waals surface area (Å²) < 4.78 is 0. The molecule has 1 atom stereocenters. The summed E-state index contributed by atoms with van der Waals surface area (Å²) >= 11 is 0. The average molecular weight is 361 g/mol. The molecule has 0 amide bonds. The van der Waals surface area contributed by atoms with E-state index in [4.69, 9.17) is 0 Å². The quantitative estimate of drug-likeness (QED) is 0.781. The number of rotatable bonds is 2. The zero-order valence-electron chi connectivity index (χ0n) is 18.5. The Morgan fingerprint density at radius 3 is 1.85 bits per heavy atom. The third-order valence-corrected chi connectivity index (χ3v) is 5.45. The van der Waals surface area contributed by atoms with Crippen molar-refractivity contribution in [2.45, 2.75) is 79.2 Å². The standard InChI is InChI=1S/C23H40N2O/c1-21(2,3)16-14-17(19(26)18(15-16)22(4,5)6)20(23(7,8)9)25-12-10-24-11-13-25/h14-15,20,24,26H,10-13H2,1-9H3/t20-/m1/s1. The fraction of sp³-hybridized carbons (Fsp3) is 0.739. The van der Waals surface area contributed by atoms with Gasteiger partial charge in [-0.15, -0.1) is 0 Å². The summed E-state index contributed by atoms with van der Waals surface area (Å²) in [6.07, 6.45) is 0. The Kier molecular flexibility index (Phi) is 5.85. The molecule has 1 fully saturated rings. The molecule has 0 spiro atoms.